The van der Waals surface area contributed by atoms with Gasteiger partial charge in [0.2, 0.25) is 5.88 Å². The van der Waals surface area contributed by atoms with E-state index < -0.39 is 0 Å². The van der Waals surface area contributed by atoms with Crippen molar-refractivity contribution in [2.75, 3.05) is 31.4 Å². The predicted molar refractivity (Wildman–Crippen MR) is 86.1 cm³/mol. The number of hydrogen-bond donors (Lipinski definition) is 1. The van der Waals surface area contributed by atoms with E-state index in [0.717, 1.165) is 17.8 Å². The zero-order valence-corrected chi connectivity index (χ0v) is 13.2. The van der Waals surface area contributed by atoms with E-state index in [2.05, 4.69) is 39.6 Å². The molecule has 1 atom stereocenters. The molecule has 0 amide bonds. The zero-order valence-electron chi connectivity index (χ0n) is 12.4. The summed E-state index contributed by atoms with van der Waals surface area (Å²) in [7, 11) is 5.69. The summed E-state index contributed by atoms with van der Waals surface area (Å²) >= 11 is 1.77. The first kappa shape index (κ1) is 14.7. The van der Waals surface area contributed by atoms with Gasteiger partial charge in [-0.05, 0) is 23.9 Å². The number of nitrogens with zero attached hydrogens (tertiary/aromatic N) is 2. The number of hydrogen-bond acceptors (Lipinski definition) is 5. The molecule has 0 spiro atoms. The summed E-state index contributed by atoms with van der Waals surface area (Å²) < 4.78 is 5.40. The van der Waals surface area contributed by atoms with E-state index in [1.807, 2.05) is 20.2 Å². The third kappa shape index (κ3) is 3.04. The van der Waals surface area contributed by atoms with Gasteiger partial charge < -0.3 is 15.0 Å². The van der Waals surface area contributed by atoms with Gasteiger partial charge in [-0.25, -0.2) is 4.98 Å². The van der Waals surface area contributed by atoms with Gasteiger partial charge in [-0.1, -0.05) is 13.0 Å². The molecular formula is C15H21N3OS. The van der Waals surface area contributed by atoms with Crippen molar-refractivity contribution in [3.63, 3.8) is 0 Å². The van der Waals surface area contributed by atoms with Gasteiger partial charge in [0.25, 0.3) is 0 Å². The molecule has 2 heterocycles. The topological polar surface area (TPSA) is 37.4 Å². The lowest BCUT2D eigenvalue weighted by Gasteiger charge is -2.24. The Hall–Kier alpha value is -1.75. The number of methoxy groups -OCH3 is 1. The maximum atomic E-state index is 5.40. The van der Waals surface area contributed by atoms with E-state index in [1.165, 1.54) is 4.88 Å². The Bertz CT molecular complexity index is 540. The van der Waals surface area contributed by atoms with Crippen molar-refractivity contribution in [3.05, 3.63) is 34.7 Å². The molecular weight excluding hydrogens is 270 g/mol. The summed E-state index contributed by atoms with van der Waals surface area (Å²) in [6.45, 7) is 2.18. The third-order valence-corrected chi connectivity index (χ3v) is 4.17. The summed E-state index contributed by atoms with van der Waals surface area (Å²) in [5, 5.41) is 5.69. The van der Waals surface area contributed by atoms with Crippen molar-refractivity contribution in [2.45, 2.75) is 19.4 Å². The molecule has 4 nitrogen and oxygen atoms in total. The molecule has 0 fully saturated rings. The fraction of sp³-hybridized carbons (Fsp3) is 0.400. The van der Waals surface area contributed by atoms with Gasteiger partial charge in [0, 0.05) is 25.2 Å². The first-order chi connectivity index (χ1) is 9.67. The number of anilines is 2. The Balaban J connectivity index is 2.36. The molecule has 0 aliphatic carbocycles. The lowest BCUT2D eigenvalue weighted by Crippen LogP contribution is -2.16. The third-order valence-electron chi connectivity index (χ3n) is 3.18. The minimum absolute atomic E-state index is 0.270. The normalized spacial score (nSPS) is 12.0. The highest BCUT2D eigenvalue weighted by molar-refractivity contribution is 7.10. The largest absolute Gasteiger partial charge is 0.479 e. The number of aromatic nitrogens is 1. The maximum Gasteiger partial charge on any atom is 0.239 e. The van der Waals surface area contributed by atoms with Crippen LogP contribution >= 0.6 is 11.3 Å². The van der Waals surface area contributed by atoms with Gasteiger partial charge in [-0.2, -0.15) is 0 Å². The van der Waals surface area contributed by atoms with Crippen molar-refractivity contribution >= 4 is 22.7 Å². The van der Waals surface area contributed by atoms with E-state index in [1.54, 1.807) is 24.6 Å². The molecule has 0 radical (unpaired) electrons. The molecule has 0 bridgehead atoms. The van der Waals surface area contributed by atoms with E-state index in [4.69, 9.17) is 4.74 Å². The highest BCUT2D eigenvalue weighted by Crippen LogP contribution is 2.36. The van der Waals surface area contributed by atoms with Gasteiger partial charge in [-0.15, -0.1) is 11.3 Å². The van der Waals surface area contributed by atoms with Crippen LogP contribution in [0.15, 0.2) is 29.8 Å². The molecule has 108 valence electrons. The number of ether oxygens (including phenoxy) is 1. The molecule has 20 heavy (non-hydrogen) atoms. The van der Waals surface area contributed by atoms with Crippen LogP contribution in [0.25, 0.3) is 0 Å². The van der Waals surface area contributed by atoms with Crippen molar-refractivity contribution in [1.82, 2.24) is 4.98 Å². The van der Waals surface area contributed by atoms with Gasteiger partial charge in [0.1, 0.15) is 5.69 Å². The van der Waals surface area contributed by atoms with Crippen LogP contribution < -0.4 is 15.0 Å². The second kappa shape index (κ2) is 6.61. The van der Waals surface area contributed by atoms with Gasteiger partial charge in [0.15, 0.2) is 0 Å². The van der Waals surface area contributed by atoms with Crippen LogP contribution in [0.5, 0.6) is 5.88 Å². The standard InChI is InChI=1S/C15H21N3OS/c1-5-11(13-7-6-10-20-13)17-14-12(18(2)3)8-9-16-15(14)19-4/h6-11,17H,5H2,1-4H3. The quantitative estimate of drug-likeness (QED) is 0.879. The van der Waals surface area contributed by atoms with Crippen LogP contribution in [0, 0.1) is 0 Å². The van der Waals surface area contributed by atoms with Crippen molar-refractivity contribution in [3.8, 4) is 5.88 Å². The van der Waals surface area contributed by atoms with Crippen molar-refractivity contribution < 1.29 is 4.74 Å². The van der Waals surface area contributed by atoms with E-state index in [9.17, 15) is 0 Å². The lowest BCUT2D eigenvalue weighted by atomic mass is 10.1. The van der Waals surface area contributed by atoms with Crippen LogP contribution in [0.3, 0.4) is 0 Å². The minimum atomic E-state index is 0.270. The SMILES string of the molecule is CCC(Nc1c(N(C)C)ccnc1OC)c1cccs1. The van der Waals surface area contributed by atoms with E-state index >= 15 is 0 Å². The molecule has 0 aliphatic heterocycles. The Morgan fingerprint density at radius 2 is 2.20 bits per heavy atom. The molecule has 1 unspecified atom stereocenters. The highest BCUT2D eigenvalue weighted by Gasteiger charge is 2.17. The summed E-state index contributed by atoms with van der Waals surface area (Å²) in [4.78, 5) is 7.69. The van der Waals surface area contributed by atoms with Crippen LogP contribution in [-0.2, 0) is 0 Å². The first-order valence-corrected chi connectivity index (χ1v) is 7.55. The second-order valence-corrected chi connectivity index (χ2v) is 5.71. The van der Waals surface area contributed by atoms with E-state index in [-0.39, 0.29) is 6.04 Å². The minimum Gasteiger partial charge on any atom is -0.479 e. The van der Waals surface area contributed by atoms with E-state index in [0.29, 0.717) is 5.88 Å². The average Bonchev–Trinajstić information content (AvgIpc) is 2.98. The molecule has 0 saturated carbocycles. The van der Waals surface area contributed by atoms with Gasteiger partial charge in [-0.3, -0.25) is 0 Å². The van der Waals surface area contributed by atoms with Crippen molar-refractivity contribution in [2.24, 2.45) is 0 Å². The molecule has 2 aromatic heterocycles. The smallest absolute Gasteiger partial charge is 0.239 e. The zero-order chi connectivity index (χ0) is 14.5. The fourth-order valence-corrected chi connectivity index (χ4v) is 3.00. The number of pyridine rings is 1. The van der Waals surface area contributed by atoms with Crippen LogP contribution in [0.2, 0.25) is 0 Å². The van der Waals surface area contributed by atoms with Gasteiger partial charge in [0.05, 0.1) is 18.8 Å². The Kier molecular flexibility index (Phi) is 4.84. The number of nitrogens with one attached hydrogen (secondary N) is 1. The molecule has 2 rings (SSSR count). The average molecular weight is 291 g/mol. The first-order valence-electron chi connectivity index (χ1n) is 6.67. The fourth-order valence-electron chi connectivity index (χ4n) is 2.13. The van der Waals surface area contributed by atoms with Gasteiger partial charge >= 0.3 is 0 Å². The molecule has 0 aliphatic rings. The Morgan fingerprint density at radius 3 is 2.75 bits per heavy atom. The predicted octanol–water partition coefficient (Wildman–Crippen LogP) is 3.78. The summed E-state index contributed by atoms with van der Waals surface area (Å²) in [6.07, 6.45) is 2.77. The molecule has 0 aromatic carbocycles. The number of thiophene rings is 1. The van der Waals surface area contributed by atoms with Crippen LogP contribution in [0.4, 0.5) is 11.4 Å². The summed E-state index contributed by atoms with van der Waals surface area (Å²) in [6, 6.07) is 6.50. The maximum absolute atomic E-state index is 5.40. The molecule has 2 aromatic rings. The molecule has 1 N–H and O–H groups in total. The lowest BCUT2D eigenvalue weighted by molar-refractivity contribution is 0.399. The second-order valence-electron chi connectivity index (χ2n) is 4.73. The highest BCUT2D eigenvalue weighted by atomic mass is 32.1. The molecule has 0 saturated heterocycles. The molecule has 5 heteroatoms. The summed E-state index contributed by atoms with van der Waals surface area (Å²) in [5.41, 5.74) is 2.02. The summed E-state index contributed by atoms with van der Waals surface area (Å²) in [5.74, 6) is 0.631. The van der Waals surface area contributed by atoms with Crippen LogP contribution in [0.1, 0.15) is 24.3 Å². The monoisotopic (exact) mass is 291 g/mol. The van der Waals surface area contributed by atoms with Crippen molar-refractivity contribution in [1.29, 1.82) is 0 Å². The Morgan fingerprint density at radius 1 is 1.40 bits per heavy atom. The Labute approximate surface area is 124 Å². The van der Waals surface area contributed by atoms with Crippen LogP contribution in [-0.4, -0.2) is 26.2 Å². The number of rotatable bonds is 6.